The maximum atomic E-state index is 12.3. The normalized spacial score (nSPS) is 13.1. The molecule has 0 aliphatic rings. The molecule has 0 radical (unpaired) electrons. The molecule has 2 aromatic carbocycles. The molecule has 0 saturated heterocycles. The molecule has 180 valence electrons. The van der Waals surface area contributed by atoms with Crippen molar-refractivity contribution in [2.45, 2.75) is 64.2 Å². The number of nitrogens with one attached hydrogen (secondary N) is 1. The fraction of sp³-hybridized carbons (Fsp3) is 0.462. The number of carbonyl (C=O) groups excluding carboxylic acids is 2. The number of aliphatic hydroxyl groups excluding tert-OH is 2. The van der Waals surface area contributed by atoms with Gasteiger partial charge in [0.05, 0.1) is 6.61 Å². The van der Waals surface area contributed by atoms with Gasteiger partial charge in [-0.15, -0.1) is 0 Å². The van der Waals surface area contributed by atoms with Gasteiger partial charge in [0, 0.05) is 19.1 Å². The van der Waals surface area contributed by atoms with Gasteiger partial charge in [0.15, 0.2) is 6.10 Å². The lowest BCUT2D eigenvalue weighted by molar-refractivity contribution is -0.154. The van der Waals surface area contributed by atoms with Crippen LogP contribution >= 0.6 is 0 Å². The van der Waals surface area contributed by atoms with Crippen molar-refractivity contribution in [3.63, 3.8) is 0 Å². The fourth-order valence-electron chi connectivity index (χ4n) is 3.26. The van der Waals surface area contributed by atoms with Crippen molar-refractivity contribution in [3.05, 3.63) is 60.2 Å². The summed E-state index contributed by atoms with van der Waals surface area (Å²) < 4.78 is 10.4. The molecule has 0 fully saturated rings. The molecule has 0 bridgehead atoms. The Labute approximate surface area is 195 Å². The van der Waals surface area contributed by atoms with Crippen molar-refractivity contribution in [2.75, 3.05) is 13.2 Å². The summed E-state index contributed by atoms with van der Waals surface area (Å²) in [6.07, 6.45) is -0.575. The van der Waals surface area contributed by atoms with E-state index in [1.54, 1.807) is 20.8 Å². The van der Waals surface area contributed by atoms with Gasteiger partial charge >= 0.3 is 12.1 Å². The number of ether oxygens (including phenoxy) is 2. The molecular formula is C26H35NO6. The molecule has 0 saturated carbocycles. The van der Waals surface area contributed by atoms with Crippen molar-refractivity contribution in [1.29, 1.82) is 0 Å². The van der Waals surface area contributed by atoms with E-state index in [4.69, 9.17) is 14.6 Å². The van der Waals surface area contributed by atoms with Gasteiger partial charge < -0.3 is 25.0 Å². The van der Waals surface area contributed by atoms with Crippen LogP contribution in [0, 0.1) is 0 Å². The van der Waals surface area contributed by atoms with Crippen molar-refractivity contribution < 1.29 is 29.3 Å². The summed E-state index contributed by atoms with van der Waals surface area (Å²) in [5, 5.41) is 21.9. The first kappa shape index (κ1) is 26.4. The lowest BCUT2D eigenvalue weighted by Crippen LogP contribution is -2.43. The molecule has 2 aromatic rings. The van der Waals surface area contributed by atoms with Crippen molar-refractivity contribution in [3.8, 4) is 11.1 Å². The SMILES string of the molecule is CC(C)(C)OC(=O)N[C@H](Cc1ccc(-c2ccccc2)cc1)C[C@@H](O)C(=O)OCCCCO. The number of benzene rings is 2. The van der Waals surface area contributed by atoms with Crippen LogP contribution in [0.15, 0.2) is 54.6 Å². The Morgan fingerprint density at radius 1 is 0.970 bits per heavy atom. The second-order valence-corrected chi connectivity index (χ2v) is 8.96. The summed E-state index contributed by atoms with van der Waals surface area (Å²) in [7, 11) is 0. The zero-order chi connectivity index (χ0) is 24.3. The molecule has 7 heteroatoms. The number of carbonyl (C=O) groups is 2. The monoisotopic (exact) mass is 457 g/mol. The number of aliphatic hydroxyl groups is 2. The standard InChI is InChI=1S/C26H35NO6/c1-26(2,3)33-25(31)27-22(18-23(29)24(30)32-16-8-7-15-28)17-19-11-13-21(14-12-19)20-9-5-4-6-10-20/h4-6,9-14,22-23,28-29H,7-8,15-18H2,1-3H3,(H,27,31)/t22-,23-/m1/s1. The molecule has 0 aromatic heterocycles. The van der Waals surface area contributed by atoms with E-state index >= 15 is 0 Å². The lowest BCUT2D eigenvalue weighted by atomic mass is 9.98. The smallest absolute Gasteiger partial charge is 0.407 e. The first-order chi connectivity index (χ1) is 15.7. The second kappa shape index (κ2) is 13.0. The van der Waals surface area contributed by atoms with Gasteiger partial charge in [0.1, 0.15) is 5.60 Å². The second-order valence-electron chi connectivity index (χ2n) is 8.96. The molecule has 33 heavy (non-hydrogen) atoms. The third-order valence-corrected chi connectivity index (χ3v) is 4.84. The molecule has 2 rings (SSSR count). The van der Waals surface area contributed by atoms with E-state index in [9.17, 15) is 14.7 Å². The highest BCUT2D eigenvalue weighted by Gasteiger charge is 2.25. The molecular weight excluding hydrogens is 422 g/mol. The topological polar surface area (TPSA) is 105 Å². The molecule has 0 spiro atoms. The summed E-state index contributed by atoms with van der Waals surface area (Å²) in [5.74, 6) is -0.747. The van der Waals surface area contributed by atoms with Crippen LogP contribution in [0.1, 0.15) is 45.6 Å². The molecule has 0 aliphatic heterocycles. The summed E-state index contributed by atoms with van der Waals surface area (Å²) in [6.45, 7) is 5.44. The van der Waals surface area contributed by atoms with Gasteiger partial charge in [-0.1, -0.05) is 54.6 Å². The van der Waals surface area contributed by atoms with Gasteiger partial charge in [-0.2, -0.15) is 0 Å². The number of amides is 1. The Morgan fingerprint density at radius 2 is 1.61 bits per heavy atom. The first-order valence-corrected chi connectivity index (χ1v) is 11.3. The highest BCUT2D eigenvalue weighted by molar-refractivity contribution is 5.74. The average Bonchev–Trinajstić information content (AvgIpc) is 2.76. The van der Waals surface area contributed by atoms with Crippen molar-refractivity contribution >= 4 is 12.1 Å². The molecule has 0 heterocycles. The highest BCUT2D eigenvalue weighted by Crippen LogP contribution is 2.20. The number of esters is 1. The van der Waals surface area contributed by atoms with E-state index in [-0.39, 0.29) is 19.6 Å². The van der Waals surface area contributed by atoms with Gasteiger partial charge in [-0.25, -0.2) is 9.59 Å². The molecule has 7 nitrogen and oxygen atoms in total. The Hall–Kier alpha value is -2.90. The van der Waals surface area contributed by atoms with E-state index in [2.05, 4.69) is 5.32 Å². The number of alkyl carbamates (subject to hydrolysis) is 1. The van der Waals surface area contributed by atoms with Gasteiger partial charge in [-0.3, -0.25) is 0 Å². The van der Waals surface area contributed by atoms with Gasteiger partial charge in [0.25, 0.3) is 0 Å². The van der Waals surface area contributed by atoms with Crippen LogP contribution in [-0.2, 0) is 20.7 Å². The summed E-state index contributed by atoms with van der Waals surface area (Å²) in [4.78, 5) is 24.5. The Bertz CT molecular complexity index is 861. The quantitative estimate of drug-likeness (QED) is 0.350. The average molecular weight is 458 g/mol. The largest absolute Gasteiger partial charge is 0.464 e. The van der Waals surface area contributed by atoms with E-state index in [0.29, 0.717) is 19.3 Å². The van der Waals surface area contributed by atoms with Gasteiger partial charge in [-0.05, 0) is 56.7 Å². The van der Waals surface area contributed by atoms with Crippen LogP contribution in [0.2, 0.25) is 0 Å². The van der Waals surface area contributed by atoms with Crippen LogP contribution < -0.4 is 5.32 Å². The molecule has 0 unspecified atom stereocenters. The van der Waals surface area contributed by atoms with E-state index < -0.39 is 29.8 Å². The summed E-state index contributed by atoms with van der Waals surface area (Å²) >= 11 is 0. The van der Waals surface area contributed by atoms with E-state index in [1.165, 1.54) is 0 Å². The summed E-state index contributed by atoms with van der Waals surface area (Å²) in [6, 6.07) is 17.4. The third kappa shape index (κ3) is 10.1. The van der Waals surface area contributed by atoms with E-state index in [1.807, 2.05) is 54.6 Å². The molecule has 2 atom stereocenters. The predicted octanol–water partition coefficient (Wildman–Crippen LogP) is 3.86. The zero-order valence-electron chi connectivity index (χ0n) is 19.6. The lowest BCUT2D eigenvalue weighted by Gasteiger charge is -2.25. The first-order valence-electron chi connectivity index (χ1n) is 11.3. The maximum Gasteiger partial charge on any atom is 0.407 e. The van der Waals surface area contributed by atoms with E-state index in [0.717, 1.165) is 16.7 Å². The fourth-order valence-corrected chi connectivity index (χ4v) is 3.26. The molecule has 3 N–H and O–H groups in total. The zero-order valence-corrected chi connectivity index (χ0v) is 19.6. The Kier molecular flexibility index (Phi) is 10.4. The minimum atomic E-state index is -1.39. The third-order valence-electron chi connectivity index (χ3n) is 4.84. The number of hydrogen-bond donors (Lipinski definition) is 3. The molecule has 0 aliphatic carbocycles. The highest BCUT2D eigenvalue weighted by atomic mass is 16.6. The van der Waals surface area contributed by atoms with Gasteiger partial charge in [0.2, 0.25) is 0 Å². The van der Waals surface area contributed by atoms with Crippen molar-refractivity contribution in [2.24, 2.45) is 0 Å². The van der Waals surface area contributed by atoms with Crippen LogP contribution in [0.3, 0.4) is 0 Å². The molecule has 1 amide bonds. The van der Waals surface area contributed by atoms with Crippen LogP contribution in [0.4, 0.5) is 4.79 Å². The Balaban J connectivity index is 2.05. The van der Waals surface area contributed by atoms with Crippen molar-refractivity contribution in [1.82, 2.24) is 5.32 Å². The van der Waals surface area contributed by atoms with Crippen LogP contribution in [0.5, 0.6) is 0 Å². The predicted molar refractivity (Wildman–Crippen MR) is 127 cm³/mol. The summed E-state index contributed by atoms with van der Waals surface area (Å²) in [5.41, 5.74) is 2.45. The number of rotatable bonds is 11. The minimum absolute atomic E-state index is 0.0154. The minimum Gasteiger partial charge on any atom is -0.464 e. The van der Waals surface area contributed by atoms with Crippen LogP contribution in [0.25, 0.3) is 11.1 Å². The Morgan fingerprint density at radius 3 is 2.21 bits per heavy atom. The number of unbranched alkanes of at least 4 members (excludes halogenated alkanes) is 1. The van der Waals surface area contributed by atoms with Crippen LogP contribution in [-0.4, -0.2) is 53.2 Å². The maximum absolute atomic E-state index is 12.3. The number of hydrogen-bond acceptors (Lipinski definition) is 6.